The van der Waals surface area contributed by atoms with Gasteiger partial charge in [-0.05, 0) is 80.8 Å². The van der Waals surface area contributed by atoms with Gasteiger partial charge in [0.25, 0.3) is 22.3 Å². The Morgan fingerprint density at radius 3 is 2.27 bits per heavy atom. The van der Waals surface area contributed by atoms with Crippen molar-refractivity contribution in [2.45, 2.75) is 27.7 Å². The summed E-state index contributed by atoms with van der Waals surface area (Å²) in [6, 6.07) is 11.8. The third kappa shape index (κ3) is 6.05. The summed E-state index contributed by atoms with van der Waals surface area (Å²) in [5.74, 6) is -0.846. The number of anilines is 1. The summed E-state index contributed by atoms with van der Waals surface area (Å²) in [7, 11) is 0. The van der Waals surface area contributed by atoms with E-state index in [1.54, 1.807) is 6.92 Å². The van der Waals surface area contributed by atoms with Crippen LogP contribution in [-0.2, 0) is 32.7 Å². The number of carbonyl (C=O) groups is 1. The van der Waals surface area contributed by atoms with Gasteiger partial charge < -0.3 is 10.4 Å². The van der Waals surface area contributed by atoms with E-state index in [9.17, 15) is 14.7 Å². The number of nitrogens with zero attached hydrogens (tertiary/aromatic N) is 6. The first-order valence-electron chi connectivity index (χ1n) is 10.8. The number of hydrogen-bond acceptors (Lipinski definition) is 8. The molecular formula is C25H21N7O3SY. The largest absolute Gasteiger partial charge is 0.502 e. The maximum absolute atomic E-state index is 13.3. The fraction of sp³-hybridized carbons (Fsp3) is 0.160. The molecule has 0 aliphatic heterocycles. The number of aromatic hydroxyl groups is 1. The average Bonchev–Trinajstić information content (AvgIpc) is 3.24. The molecule has 0 saturated carbocycles. The van der Waals surface area contributed by atoms with Crippen molar-refractivity contribution < 1.29 is 42.6 Å². The van der Waals surface area contributed by atoms with Gasteiger partial charge in [0.05, 0.1) is 12.3 Å². The number of amides is 1. The monoisotopic (exact) mass is 588 g/mol. The Labute approximate surface area is 241 Å². The zero-order chi connectivity index (χ0) is 26.0. The van der Waals surface area contributed by atoms with E-state index in [1.807, 2.05) is 32.0 Å². The summed E-state index contributed by atoms with van der Waals surface area (Å²) in [5, 5.41) is 30.2. The van der Waals surface area contributed by atoms with Crippen molar-refractivity contribution in [3.63, 3.8) is 0 Å². The van der Waals surface area contributed by atoms with Crippen LogP contribution in [0, 0.1) is 34.3 Å². The van der Waals surface area contributed by atoms with Crippen LogP contribution in [0.5, 0.6) is 5.88 Å². The molecule has 0 atom stereocenters. The van der Waals surface area contributed by atoms with Gasteiger partial charge in [-0.25, -0.2) is 4.85 Å². The molecular weight excluding hydrogens is 567 g/mol. The van der Waals surface area contributed by atoms with Crippen molar-refractivity contribution in [2.75, 3.05) is 5.32 Å². The predicted octanol–water partition coefficient (Wildman–Crippen LogP) is 5.84. The van der Waals surface area contributed by atoms with Crippen LogP contribution in [0.2, 0.25) is 0 Å². The number of azo groups is 1. The molecule has 0 aliphatic rings. The summed E-state index contributed by atoms with van der Waals surface area (Å²) in [6.07, 6.45) is 0. The zero-order valence-electron chi connectivity index (χ0n) is 20.5. The molecule has 2 heterocycles. The summed E-state index contributed by atoms with van der Waals surface area (Å²) < 4.78 is 0.964. The molecule has 0 saturated heterocycles. The minimum atomic E-state index is -0.671. The van der Waals surface area contributed by atoms with Crippen molar-refractivity contribution in [1.82, 2.24) is 14.8 Å². The number of aromatic nitrogens is 3. The molecule has 12 heteroatoms. The first-order valence-corrected chi connectivity index (χ1v) is 11.6. The predicted molar refractivity (Wildman–Crippen MR) is 137 cm³/mol. The molecule has 183 valence electrons. The summed E-state index contributed by atoms with van der Waals surface area (Å²) in [5.41, 5.74) is 2.63. The normalized spacial score (nSPS) is 10.7. The molecule has 0 spiro atoms. The Morgan fingerprint density at radius 1 is 1.05 bits per heavy atom. The van der Waals surface area contributed by atoms with Gasteiger partial charge >= 0.3 is 0 Å². The van der Waals surface area contributed by atoms with E-state index in [0.29, 0.717) is 16.3 Å². The molecule has 2 aromatic carbocycles. The second-order valence-corrected chi connectivity index (χ2v) is 9.24. The van der Waals surface area contributed by atoms with Gasteiger partial charge in [-0.2, -0.15) is 0 Å². The van der Waals surface area contributed by atoms with Crippen LogP contribution in [-0.4, -0.2) is 25.8 Å². The third-order valence-corrected chi connectivity index (χ3v) is 5.99. The van der Waals surface area contributed by atoms with Gasteiger partial charge in [0.1, 0.15) is 10.7 Å². The number of nitrogens with one attached hydrogen (secondary N) is 1. The molecule has 0 bridgehead atoms. The smallest absolute Gasteiger partial charge is 0.283 e. The Morgan fingerprint density at radius 2 is 1.70 bits per heavy atom. The third-order valence-electron chi connectivity index (χ3n) is 5.27. The fourth-order valence-corrected chi connectivity index (χ4v) is 4.18. The first-order chi connectivity index (χ1) is 17.2. The van der Waals surface area contributed by atoms with Crippen LogP contribution < -0.4 is 10.9 Å². The van der Waals surface area contributed by atoms with Crippen molar-refractivity contribution in [3.8, 4) is 11.6 Å². The Hall–Kier alpha value is -3.59. The minimum Gasteiger partial charge on any atom is -0.502 e. The maximum Gasteiger partial charge on any atom is 0.283 e. The molecule has 2 aromatic heterocycles. The van der Waals surface area contributed by atoms with E-state index in [2.05, 4.69) is 30.6 Å². The number of rotatable bonds is 5. The minimum absolute atomic E-state index is 0. The Balaban J connectivity index is 0.00000380. The van der Waals surface area contributed by atoms with Crippen LogP contribution in [0.1, 0.15) is 32.1 Å². The van der Waals surface area contributed by atoms with Crippen molar-refractivity contribution in [1.29, 1.82) is 0 Å². The fourth-order valence-electron chi connectivity index (χ4n) is 3.67. The van der Waals surface area contributed by atoms with Gasteiger partial charge in [-0.15, -0.1) is 20.4 Å². The number of benzene rings is 2. The van der Waals surface area contributed by atoms with E-state index in [0.717, 1.165) is 15.7 Å². The second-order valence-electron chi connectivity index (χ2n) is 8.08. The number of aryl methyl sites for hydroxylation is 3. The molecule has 10 nitrogen and oxygen atoms in total. The van der Waals surface area contributed by atoms with E-state index >= 15 is 0 Å². The van der Waals surface area contributed by atoms with Crippen molar-refractivity contribution >= 4 is 39.4 Å². The number of pyridine rings is 1. The quantitative estimate of drug-likeness (QED) is 0.224. The average molecular weight is 588 g/mol. The summed E-state index contributed by atoms with van der Waals surface area (Å²) >= 11 is 1.20. The summed E-state index contributed by atoms with van der Waals surface area (Å²) in [4.78, 5) is 29.4. The van der Waals surface area contributed by atoms with Gasteiger partial charge in [-0.1, -0.05) is 17.4 Å². The molecule has 0 unspecified atom stereocenters. The Kier molecular flexibility index (Phi) is 8.81. The molecule has 2 N–H and O–H groups in total. The standard InChI is InChI=1S/C25H21N7O3S.Y/c1-13-10-14(2)12-18(11-13)27-22(33)17-6-8-19(9-7-17)32-23(34)20(26-5)15(3)21(24(32)35)29-31-25-30-28-16(4)36-25;/h6-12,34H,1-4H3,(H,27,33);. The molecule has 37 heavy (non-hydrogen) atoms. The van der Waals surface area contributed by atoms with E-state index < -0.39 is 11.4 Å². The zero-order valence-corrected chi connectivity index (χ0v) is 24.1. The van der Waals surface area contributed by atoms with Gasteiger partial charge in [0.2, 0.25) is 5.88 Å². The van der Waals surface area contributed by atoms with Gasteiger partial charge in [0.15, 0.2) is 0 Å². The second kappa shape index (κ2) is 11.6. The van der Waals surface area contributed by atoms with Crippen LogP contribution in [0.4, 0.5) is 22.2 Å². The van der Waals surface area contributed by atoms with Gasteiger partial charge in [-0.3, -0.25) is 14.2 Å². The maximum atomic E-state index is 13.3. The Bertz CT molecular complexity index is 1600. The van der Waals surface area contributed by atoms with E-state index in [-0.39, 0.29) is 66.4 Å². The van der Waals surface area contributed by atoms with Crippen LogP contribution in [0.3, 0.4) is 0 Å². The first kappa shape index (κ1) is 28.0. The van der Waals surface area contributed by atoms with E-state index in [4.69, 9.17) is 6.57 Å². The van der Waals surface area contributed by atoms with Crippen LogP contribution >= 0.6 is 11.3 Å². The molecule has 4 aromatic rings. The number of carbonyl (C=O) groups excluding carboxylic acids is 1. The molecule has 4 rings (SSSR count). The van der Waals surface area contributed by atoms with Crippen LogP contribution in [0.15, 0.2) is 57.5 Å². The SMILES string of the molecule is [C-]#[N+]c1c(C)c(N=Nc2nnc(C)s2)c(=O)n(-c2ccc(C(=O)Nc3cc(C)cc(C)c3)cc2)c1O.[Y]. The molecule has 0 fully saturated rings. The van der Waals surface area contributed by atoms with Crippen molar-refractivity contribution in [3.05, 3.63) is 91.5 Å². The topological polar surface area (TPSA) is 126 Å². The summed E-state index contributed by atoms with van der Waals surface area (Å²) in [6.45, 7) is 14.7. The number of hydrogen-bond donors (Lipinski definition) is 2. The van der Waals surface area contributed by atoms with Crippen molar-refractivity contribution in [2.24, 2.45) is 10.2 Å². The van der Waals surface area contributed by atoms with Gasteiger partial charge in [0, 0.05) is 44.0 Å². The molecule has 1 amide bonds. The van der Waals surface area contributed by atoms with E-state index in [1.165, 1.54) is 42.5 Å². The molecule has 1 radical (unpaired) electrons. The molecule has 0 aliphatic carbocycles. The van der Waals surface area contributed by atoms with Crippen LogP contribution in [0.25, 0.3) is 10.5 Å².